The van der Waals surface area contributed by atoms with Gasteiger partial charge in [-0.25, -0.2) is 0 Å². The zero-order valence-corrected chi connectivity index (χ0v) is 16.5. The van der Waals surface area contributed by atoms with E-state index in [1.165, 1.54) is 44.2 Å². The third kappa shape index (κ3) is 3.21. The molecule has 1 atom stereocenters. The Morgan fingerprint density at radius 2 is 0.931 bits per heavy atom. The largest absolute Gasteiger partial charge is 0.0622 e. The summed E-state index contributed by atoms with van der Waals surface area (Å²) in [5.41, 5.74) is 3.97. The molecule has 0 amide bonds. The molecule has 0 aliphatic heterocycles. The second kappa shape index (κ2) is 7.56. The summed E-state index contributed by atoms with van der Waals surface area (Å²) in [6.45, 7) is 2.33. The van der Waals surface area contributed by atoms with Crippen LogP contribution in [0.25, 0.3) is 21.5 Å². The molecule has 5 aromatic rings. The molecule has 0 saturated carbocycles. The lowest BCUT2D eigenvalue weighted by Gasteiger charge is -2.27. The highest BCUT2D eigenvalue weighted by atomic mass is 14.3. The number of fused-ring (bicyclic) bond motifs is 2. The molecule has 0 heterocycles. The lowest BCUT2D eigenvalue weighted by molar-refractivity contribution is 0.830. The van der Waals surface area contributed by atoms with Crippen molar-refractivity contribution in [3.63, 3.8) is 0 Å². The van der Waals surface area contributed by atoms with Crippen molar-refractivity contribution in [2.45, 2.75) is 12.8 Å². The molecule has 0 nitrogen and oxygen atoms in total. The molecule has 0 aliphatic rings. The molecule has 0 heteroatoms. The van der Waals surface area contributed by atoms with Gasteiger partial charge in [-0.3, -0.25) is 0 Å². The normalized spacial score (nSPS) is 12.5. The highest BCUT2D eigenvalue weighted by molar-refractivity contribution is 5.93. The van der Waals surface area contributed by atoms with Gasteiger partial charge < -0.3 is 0 Å². The fourth-order valence-electron chi connectivity index (χ4n) is 4.44. The van der Waals surface area contributed by atoms with Gasteiger partial charge in [0.25, 0.3) is 0 Å². The van der Waals surface area contributed by atoms with Gasteiger partial charge in [0.05, 0.1) is 0 Å². The van der Waals surface area contributed by atoms with E-state index in [4.69, 9.17) is 0 Å². The molecule has 1 radical (unpaired) electrons. The third-order valence-electron chi connectivity index (χ3n) is 5.89. The van der Waals surface area contributed by atoms with Crippen molar-refractivity contribution in [2.75, 3.05) is 0 Å². The van der Waals surface area contributed by atoms with Crippen molar-refractivity contribution in [2.24, 2.45) is 0 Å². The van der Waals surface area contributed by atoms with Crippen LogP contribution in [-0.4, -0.2) is 0 Å². The van der Waals surface area contributed by atoms with Crippen molar-refractivity contribution in [3.05, 3.63) is 138 Å². The van der Waals surface area contributed by atoms with E-state index in [-0.39, 0.29) is 5.92 Å². The van der Waals surface area contributed by atoms with Crippen LogP contribution < -0.4 is 0 Å². The van der Waals surface area contributed by atoms with E-state index in [9.17, 15) is 0 Å². The second-order valence-corrected chi connectivity index (χ2v) is 7.60. The summed E-state index contributed by atoms with van der Waals surface area (Å²) in [4.78, 5) is 0. The Hall–Kier alpha value is -3.38. The smallest absolute Gasteiger partial charge is 0.0424 e. The average molecular weight is 372 g/mol. The first kappa shape index (κ1) is 17.7. The number of hydrogen-bond donors (Lipinski definition) is 0. The van der Waals surface area contributed by atoms with Gasteiger partial charge in [0.2, 0.25) is 0 Å². The minimum atomic E-state index is 0.271. The fraction of sp³-hybridized carbons (Fsp3) is 0.0690. The molecule has 0 saturated heterocycles. The van der Waals surface area contributed by atoms with E-state index in [0.717, 1.165) is 0 Å². The van der Waals surface area contributed by atoms with Gasteiger partial charge in [0, 0.05) is 5.92 Å². The molecule has 1 unspecified atom stereocenters. The van der Waals surface area contributed by atoms with Gasteiger partial charge in [-0.1, -0.05) is 122 Å². The first-order chi connectivity index (χ1) is 14.3. The summed E-state index contributed by atoms with van der Waals surface area (Å²) in [6.07, 6.45) is 0. The Morgan fingerprint density at radius 3 is 1.48 bits per heavy atom. The summed E-state index contributed by atoms with van der Waals surface area (Å²) in [7, 11) is 0. The van der Waals surface area contributed by atoms with E-state index in [2.05, 4.69) is 122 Å². The summed E-state index contributed by atoms with van der Waals surface area (Å²) < 4.78 is 0. The zero-order chi connectivity index (χ0) is 19.6. The molecule has 0 fully saturated rings. The SMILES string of the molecule is CC([C](c1cccc2ccccc12)c1cccc2ccccc12)c1ccccc1. The predicted octanol–water partition coefficient (Wildman–Crippen LogP) is 7.77. The summed E-state index contributed by atoms with van der Waals surface area (Å²) in [5, 5.41) is 5.17. The van der Waals surface area contributed by atoms with Crippen LogP contribution in [0.15, 0.2) is 115 Å². The van der Waals surface area contributed by atoms with Crippen LogP contribution >= 0.6 is 0 Å². The minimum absolute atomic E-state index is 0.271. The second-order valence-electron chi connectivity index (χ2n) is 7.60. The fourth-order valence-corrected chi connectivity index (χ4v) is 4.44. The Bertz CT molecular complexity index is 1180. The molecule has 5 aromatic carbocycles. The molecule has 29 heavy (non-hydrogen) atoms. The van der Waals surface area contributed by atoms with E-state index in [1.807, 2.05) is 0 Å². The number of hydrogen-bond acceptors (Lipinski definition) is 0. The van der Waals surface area contributed by atoms with Gasteiger partial charge in [-0.05, 0) is 44.2 Å². The molecule has 0 aromatic heterocycles. The molecule has 5 rings (SSSR count). The van der Waals surface area contributed by atoms with E-state index < -0.39 is 0 Å². The highest BCUT2D eigenvalue weighted by Gasteiger charge is 2.26. The van der Waals surface area contributed by atoms with Crippen molar-refractivity contribution >= 4 is 21.5 Å². The van der Waals surface area contributed by atoms with Gasteiger partial charge in [-0.15, -0.1) is 0 Å². The van der Waals surface area contributed by atoms with Crippen LogP contribution in [0.2, 0.25) is 0 Å². The summed E-state index contributed by atoms with van der Waals surface area (Å²) >= 11 is 0. The average Bonchev–Trinajstić information content (AvgIpc) is 2.80. The quantitative estimate of drug-likeness (QED) is 0.303. The standard InChI is InChI=1S/C29H23/c1-21(22-11-3-2-4-12-22)29(27-19-9-15-23-13-5-7-17-25(23)27)28-20-10-16-24-14-6-8-18-26(24)28/h2-21H,1H3. The monoisotopic (exact) mass is 371 g/mol. The lowest BCUT2D eigenvalue weighted by atomic mass is 9.75. The van der Waals surface area contributed by atoms with Crippen LogP contribution in [0.1, 0.15) is 29.5 Å². The molecular weight excluding hydrogens is 348 g/mol. The maximum Gasteiger partial charge on any atom is 0.0424 e. The van der Waals surface area contributed by atoms with Crippen molar-refractivity contribution < 1.29 is 0 Å². The molecule has 0 spiro atoms. The summed E-state index contributed by atoms with van der Waals surface area (Å²) in [5.74, 6) is 1.65. The zero-order valence-electron chi connectivity index (χ0n) is 16.5. The lowest BCUT2D eigenvalue weighted by Crippen LogP contribution is -2.12. The van der Waals surface area contributed by atoms with Crippen molar-refractivity contribution in [1.82, 2.24) is 0 Å². The van der Waals surface area contributed by atoms with Crippen molar-refractivity contribution in [1.29, 1.82) is 0 Å². The maximum atomic E-state index is 2.33. The minimum Gasteiger partial charge on any atom is -0.0622 e. The maximum absolute atomic E-state index is 2.33. The number of rotatable bonds is 4. The first-order valence-electron chi connectivity index (χ1n) is 10.2. The van der Waals surface area contributed by atoms with Gasteiger partial charge >= 0.3 is 0 Å². The predicted molar refractivity (Wildman–Crippen MR) is 124 cm³/mol. The Labute approximate surface area is 172 Å². The number of benzene rings is 5. The van der Waals surface area contributed by atoms with Crippen LogP contribution in [0.4, 0.5) is 0 Å². The first-order valence-corrected chi connectivity index (χ1v) is 10.2. The molecule has 0 aliphatic carbocycles. The van der Waals surface area contributed by atoms with Crippen LogP contribution in [0.5, 0.6) is 0 Å². The topological polar surface area (TPSA) is 0 Å². The molecular formula is C29H23. The molecule has 139 valence electrons. The van der Waals surface area contributed by atoms with Crippen LogP contribution in [0, 0.1) is 5.92 Å². The Morgan fingerprint density at radius 1 is 0.483 bits per heavy atom. The van der Waals surface area contributed by atoms with E-state index in [1.54, 1.807) is 0 Å². The summed E-state index contributed by atoms with van der Waals surface area (Å²) in [6, 6.07) is 41.5. The van der Waals surface area contributed by atoms with Crippen LogP contribution in [0.3, 0.4) is 0 Å². The highest BCUT2D eigenvalue weighted by Crippen LogP contribution is 2.42. The Kier molecular flexibility index (Phi) is 4.62. The third-order valence-corrected chi connectivity index (χ3v) is 5.89. The van der Waals surface area contributed by atoms with Gasteiger partial charge in [0.1, 0.15) is 0 Å². The van der Waals surface area contributed by atoms with Crippen LogP contribution in [-0.2, 0) is 0 Å². The van der Waals surface area contributed by atoms with E-state index >= 15 is 0 Å². The van der Waals surface area contributed by atoms with Gasteiger partial charge in [-0.2, -0.15) is 0 Å². The molecule has 0 N–H and O–H groups in total. The molecule has 0 bridgehead atoms. The Balaban J connectivity index is 1.80. The van der Waals surface area contributed by atoms with Gasteiger partial charge in [0.15, 0.2) is 0 Å². The van der Waals surface area contributed by atoms with Crippen molar-refractivity contribution in [3.8, 4) is 0 Å². The van der Waals surface area contributed by atoms with E-state index in [0.29, 0.717) is 0 Å².